The standard InChI is InChI=1S/C23H21F2N5OS/c1-11-4-5-15-16(6-11)12(2)31-18-7-14(8-27-23(18)26)21-17(22(24)25)9-28-30(21)10-19-20(15)29-13(3)32-19/h4-9,12,22H,10H2,1-3H3,(H2,26,27). The first-order chi connectivity index (χ1) is 15.3. The van der Waals surface area contributed by atoms with E-state index in [-0.39, 0.29) is 17.5 Å². The second-order valence-electron chi connectivity index (χ2n) is 7.87. The number of nitrogens with two attached hydrogens (primary N) is 1. The molecular weight excluding hydrogens is 432 g/mol. The van der Waals surface area contributed by atoms with Crippen LogP contribution in [0.25, 0.3) is 22.5 Å². The number of aromatic nitrogens is 4. The normalized spacial score (nSPS) is 15.2. The molecule has 0 spiro atoms. The fourth-order valence-corrected chi connectivity index (χ4v) is 5.02. The number of aryl methyl sites for hydroxylation is 2. The third kappa shape index (κ3) is 3.42. The predicted octanol–water partition coefficient (Wildman–Crippen LogP) is 5.71. The molecule has 6 nitrogen and oxygen atoms in total. The van der Waals surface area contributed by atoms with Crippen LogP contribution >= 0.6 is 11.3 Å². The molecule has 0 amide bonds. The Balaban J connectivity index is 1.81. The fourth-order valence-electron chi connectivity index (χ4n) is 4.09. The van der Waals surface area contributed by atoms with E-state index in [2.05, 4.69) is 16.1 Å². The first-order valence-electron chi connectivity index (χ1n) is 10.2. The van der Waals surface area contributed by atoms with Crippen molar-refractivity contribution in [3.63, 3.8) is 0 Å². The number of anilines is 1. The minimum atomic E-state index is -2.68. The number of benzene rings is 1. The second kappa shape index (κ2) is 7.67. The van der Waals surface area contributed by atoms with Crippen molar-refractivity contribution in [3.8, 4) is 28.3 Å². The lowest BCUT2D eigenvalue weighted by Gasteiger charge is -2.21. The van der Waals surface area contributed by atoms with Crippen LogP contribution in [0.2, 0.25) is 0 Å². The summed E-state index contributed by atoms with van der Waals surface area (Å²) < 4.78 is 35.5. The van der Waals surface area contributed by atoms with E-state index in [1.54, 1.807) is 10.7 Å². The van der Waals surface area contributed by atoms with Gasteiger partial charge in [-0.05, 0) is 26.8 Å². The first-order valence-corrected chi connectivity index (χ1v) is 11.0. The maximum absolute atomic E-state index is 13.8. The van der Waals surface area contributed by atoms with Crippen molar-refractivity contribution >= 4 is 17.2 Å². The van der Waals surface area contributed by atoms with Crippen LogP contribution in [0, 0.1) is 13.8 Å². The van der Waals surface area contributed by atoms with Gasteiger partial charge in [0.2, 0.25) is 0 Å². The number of rotatable bonds is 1. The van der Waals surface area contributed by atoms with E-state index in [0.29, 0.717) is 23.6 Å². The van der Waals surface area contributed by atoms with Crippen molar-refractivity contribution in [2.75, 3.05) is 5.73 Å². The molecule has 9 heteroatoms. The third-order valence-corrected chi connectivity index (χ3v) is 6.52. The minimum Gasteiger partial charge on any atom is -0.482 e. The molecule has 0 saturated carbocycles. The summed E-state index contributed by atoms with van der Waals surface area (Å²) in [6, 6.07) is 7.79. The van der Waals surface area contributed by atoms with Gasteiger partial charge in [-0.25, -0.2) is 18.7 Å². The number of fused-ring (bicyclic) bond motifs is 7. The van der Waals surface area contributed by atoms with Crippen molar-refractivity contribution in [1.29, 1.82) is 0 Å². The Morgan fingerprint density at radius 1 is 1.22 bits per heavy atom. The van der Waals surface area contributed by atoms with Crippen LogP contribution in [0.15, 0.2) is 36.7 Å². The number of nitrogens with zero attached hydrogens (tertiary/aromatic N) is 4. The monoisotopic (exact) mass is 453 g/mol. The Hall–Kier alpha value is -3.33. The number of pyridine rings is 1. The maximum atomic E-state index is 13.8. The summed E-state index contributed by atoms with van der Waals surface area (Å²) >= 11 is 1.53. The van der Waals surface area contributed by atoms with E-state index in [9.17, 15) is 8.78 Å². The molecule has 0 fully saturated rings. The molecule has 0 aliphatic carbocycles. The second-order valence-corrected chi connectivity index (χ2v) is 9.16. The predicted molar refractivity (Wildman–Crippen MR) is 120 cm³/mol. The number of hydrogen-bond donors (Lipinski definition) is 1. The molecule has 32 heavy (non-hydrogen) atoms. The Kier molecular flexibility index (Phi) is 4.93. The van der Waals surface area contributed by atoms with E-state index in [4.69, 9.17) is 15.5 Å². The molecule has 4 aromatic rings. The topological polar surface area (TPSA) is 78.9 Å². The Bertz CT molecular complexity index is 1330. The number of hydrogen-bond acceptors (Lipinski definition) is 6. The molecule has 164 valence electrons. The largest absolute Gasteiger partial charge is 0.482 e. The Morgan fingerprint density at radius 2 is 2.03 bits per heavy atom. The lowest BCUT2D eigenvalue weighted by atomic mass is 9.97. The van der Waals surface area contributed by atoms with Gasteiger partial charge in [0.25, 0.3) is 6.43 Å². The van der Waals surface area contributed by atoms with Crippen LogP contribution in [0.4, 0.5) is 14.6 Å². The fraction of sp³-hybridized carbons (Fsp3) is 0.261. The van der Waals surface area contributed by atoms with Crippen LogP contribution < -0.4 is 10.5 Å². The van der Waals surface area contributed by atoms with E-state index < -0.39 is 6.43 Å². The van der Waals surface area contributed by atoms with Crippen molar-refractivity contribution in [2.24, 2.45) is 0 Å². The molecule has 0 saturated heterocycles. The van der Waals surface area contributed by atoms with Crippen molar-refractivity contribution < 1.29 is 13.5 Å². The zero-order valence-electron chi connectivity index (χ0n) is 17.8. The van der Waals surface area contributed by atoms with Gasteiger partial charge in [0.05, 0.1) is 39.6 Å². The highest BCUT2D eigenvalue weighted by molar-refractivity contribution is 7.12. The summed E-state index contributed by atoms with van der Waals surface area (Å²) in [5.74, 6) is 0.535. The number of alkyl halides is 2. The molecule has 0 radical (unpaired) electrons. The Morgan fingerprint density at radius 3 is 2.81 bits per heavy atom. The molecule has 1 aliphatic heterocycles. The van der Waals surface area contributed by atoms with Crippen molar-refractivity contribution in [1.82, 2.24) is 19.7 Å². The average Bonchev–Trinajstić information content (AvgIpc) is 3.32. The van der Waals surface area contributed by atoms with Gasteiger partial charge in [0.15, 0.2) is 11.6 Å². The van der Waals surface area contributed by atoms with E-state index in [0.717, 1.165) is 32.3 Å². The SMILES string of the molecule is Cc1ccc2c(c1)C(C)Oc1cc(cnc1N)-c1c(C(F)F)cnn1Cc1sc(C)nc1-2. The summed E-state index contributed by atoms with van der Waals surface area (Å²) in [5.41, 5.74) is 10.5. The molecule has 3 aromatic heterocycles. The molecule has 1 atom stereocenters. The zero-order chi connectivity index (χ0) is 22.6. The molecule has 2 bridgehead atoms. The number of thiazole rings is 1. The molecule has 1 aromatic carbocycles. The number of halogens is 2. The lowest BCUT2D eigenvalue weighted by molar-refractivity contribution is 0.152. The summed E-state index contributed by atoms with van der Waals surface area (Å²) in [6.45, 7) is 6.20. The smallest absolute Gasteiger partial charge is 0.267 e. The van der Waals surface area contributed by atoms with Crippen LogP contribution in [0.3, 0.4) is 0 Å². The molecule has 1 aliphatic rings. The molecule has 2 N–H and O–H groups in total. The highest BCUT2D eigenvalue weighted by Crippen LogP contribution is 2.40. The van der Waals surface area contributed by atoms with Crippen molar-refractivity contribution in [2.45, 2.75) is 39.8 Å². The quantitative estimate of drug-likeness (QED) is 0.400. The van der Waals surface area contributed by atoms with Crippen LogP contribution in [-0.4, -0.2) is 19.7 Å². The summed E-state index contributed by atoms with van der Waals surface area (Å²) in [4.78, 5) is 9.94. The highest BCUT2D eigenvalue weighted by Gasteiger charge is 2.26. The van der Waals surface area contributed by atoms with Gasteiger partial charge >= 0.3 is 0 Å². The van der Waals surface area contributed by atoms with Gasteiger partial charge in [-0.3, -0.25) is 4.68 Å². The molecule has 4 heterocycles. The first kappa shape index (κ1) is 20.6. The molecular formula is C23H21F2N5OS. The summed E-state index contributed by atoms with van der Waals surface area (Å²) in [6.07, 6.45) is -0.351. The summed E-state index contributed by atoms with van der Waals surface area (Å²) in [5, 5.41) is 5.18. The van der Waals surface area contributed by atoms with Crippen LogP contribution in [-0.2, 0) is 6.54 Å². The number of nitrogen functional groups attached to an aromatic ring is 1. The lowest BCUT2D eigenvalue weighted by Crippen LogP contribution is -2.11. The molecule has 5 rings (SSSR count). The van der Waals surface area contributed by atoms with E-state index >= 15 is 0 Å². The minimum absolute atomic E-state index is 0.161. The Labute approximate surface area is 187 Å². The van der Waals surface area contributed by atoms with E-state index in [1.807, 2.05) is 32.9 Å². The average molecular weight is 454 g/mol. The molecule has 1 unspecified atom stereocenters. The van der Waals surface area contributed by atoms with E-state index in [1.165, 1.54) is 23.7 Å². The van der Waals surface area contributed by atoms with Crippen LogP contribution in [0.5, 0.6) is 5.75 Å². The van der Waals surface area contributed by atoms with Gasteiger partial charge in [-0.15, -0.1) is 11.3 Å². The van der Waals surface area contributed by atoms with Gasteiger partial charge in [0, 0.05) is 22.9 Å². The van der Waals surface area contributed by atoms with Gasteiger partial charge < -0.3 is 10.5 Å². The maximum Gasteiger partial charge on any atom is 0.267 e. The highest BCUT2D eigenvalue weighted by atomic mass is 32.1. The summed E-state index contributed by atoms with van der Waals surface area (Å²) in [7, 11) is 0. The third-order valence-electron chi connectivity index (χ3n) is 5.56. The van der Waals surface area contributed by atoms with Gasteiger partial charge in [-0.1, -0.05) is 23.8 Å². The number of ether oxygens (including phenoxy) is 1. The van der Waals surface area contributed by atoms with Gasteiger partial charge in [0.1, 0.15) is 6.10 Å². The van der Waals surface area contributed by atoms with Crippen LogP contribution in [0.1, 0.15) is 46.0 Å². The van der Waals surface area contributed by atoms with Crippen molar-refractivity contribution in [3.05, 3.63) is 63.2 Å². The van der Waals surface area contributed by atoms with Gasteiger partial charge in [-0.2, -0.15) is 5.10 Å². The zero-order valence-corrected chi connectivity index (χ0v) is 18.6.